The van der Waals surface area contributed by atoms with E-state index in [1.165, 1.54) is 42.5 Å². The average molecular weight is 450 g/mol. The van der Waals surface area contributed by atoms with Crippen molar-refractivity contribution in [2.24, 2.45) is 0 Å². The zero-order valence-corrected chi connectivity index (χ0v) is 17.8. The van der Waals surface area contributed by atoms with E-state index in [1.807, 2.05) is 6.92 Å². The molecule has 33 heavy (non-hydrogen) atoms. The van der Waals surface area contributed by atoms with Crippen molar-refractivity contribution in [3.05, 3.63) is 106 Å². The fourth-order valence-corrected chi connectivity index (χ4v) is 3.68. The first-order chi connectivity index (χ1) is 15.9. The first kappa shape index (κ1) is 22.5. The Hall–Kier alpha value is -3.65. The fourth-order valence-electron chi connectivity index (χ4n) is 3.68. The summed E-state index contributed by atoms with van der Waals surface area (Å²) in [5, 5.41) is 0.589. The van der Waals surface area contributed by atoms with Crippen LogP contribution in [0.5, 0.6) is 0 Å². The Labute approximate surface area is 188 Å². The number of fused-ring (bicyclic) bond motifs is 1. The minimum absolute atomic E-state index is 0.0458. The summed E-state index contributed by atoms with van der Waals surface area (Å²) in [5.74, 6) is 1.39. The molecule has 0 aliphatic rings. The molecule has 4 aromatic carbocycles. The summed E-state index contributed by atoms with van der Waals surface area (Å²) >= 11 is 0. The topological polar surface area (TPSA) is 0 Å². The molecule has 4 aromatic rings. The van der Waals surface area contributed by atoms with Gasteiger partial charge in [0.05, 0.1) is 11.1 Å². The van der Waals surface area contributed by atoms with Crippen molar-refractivity contribution in [1.29, 1.82) is 0 Å². The molecule has 0 aromatic heterocycles. The third-order valence-corrected chi connectivity index (χ3v) is 5.43. The Bertz CT molecular complexity index is 1390. The van der Waals surface area contributed by atoms with Crippen molar-refractivity contribution in [3.8, 4) is 23.0 Å². The van der Waals surface area contributed by atoms with Crippen LogP contribution >= 0.6 is 0 Å². The summed E-state index contributed by atoms with van der Waals surface area (Å²) in [6.45, 7) is 2.00. The van der Waals surface area contributed by atoms with Crippen molar-refractivity contribution in [2.45, 2.75) is 26.2 Å². The molecule has 0 heterocycles. The molecule has 0 aliphatic heterocycles. The van der Waals surface area contributed by atoms with E-state index in [4.69, 9.17) is 0 Å². The van der Waals surface area contributed by atoms with Gasteiger partial charge < -0.3 is 0 Å². The van der Waals surface area contributed by atoms with Crippen molar-refractivity contribution in [2.75, 3.05) is 0 Å². The minimum Gasteiger partial charge on any atom is -0.206 e. The molecular formula is C28H19F5. The van der Waals surface area contributed by atoms with E-state index >= 15 is 0 Å². The summed E-state index contributed by atoms with van der Waals surface area (Å²) in [6, 6.07) is 13.4. The SMILES string of the molecule is CCCCc1cc(F)c(-c2ccc(C#Cc3ccc4c(F)c(F)ccc4c3)c(F)c2)c(F)c1. The maximum Gasteiger partial charge on any atom is 0.166 e. The fraction of sp³-hybridized carbons (Fsp3) is 0.143. The molecule has 166 valence electrons. The van der Waals surface area contributed by atoms with E-state index in [2.05, 4.69) is 11.8 Å². The van der Waals surface area contributed by atoms with Crippen LogP contribution in [-0.4, -0.2) is 0 Å². The van der Waals surface area contributed by atoms with Gasteiger partial charge in [-0.3, -0.25) is 0 Å². The van der Waals surface area contributed by atoms with E-state index in [1.54, 1.807) is 6.07 Å². The second-order valence-corrected chi connectivity index (χ2v) is 7.78. The highest BCUT2D eigenvalue weighted by atomic mass is 19.2. The zero-order chi connectivity index (χ0) is 23.5. The molecule has 0 N–H and O–H groups in total. The third-order valence-electron chi connectivity index (χ3n) is 5.43. The number of hydrogen-bond donors (Lipinski definition) is 0. The second-order valence-electron chi connectivity index (χ2n) is 7.78. The lowest BCUT2D eigenvalue weighted by Gasteiger charge is -2.09. The van der Waals surface area contributed by atoms with Gasteiger partial charge in [0.1, 0.15) is 17.5 Å². The molecule has 0 atom stereocenters. The molecule has 0 saturated carbocycles. The number of aryl methyl sites for hydroxylation is 1. The molecule has 0 radical (unpaired) electrons. The maximum absolute atomic E-state index is 14.7. The molecule has 0 nitrogen and oxygen atoms in total. The smallest absolute Gasteiger partial charge is 0.166 e. The number of rotatable bonds is 4. The van der Waals surface area contributed by atoms with E-state index < -0.39 is 29.1 Å². The van der Waals surface area contributed by atoms with Crippen LogP contribution in [-0.2, 0) is 6.42 Å². The van der Waals surface area contributed by atoms with Gasteiger partial charge in [0.2, 0.25) is 0 Å². The predicted octanol–water partition coefficient (Wildman–Crippen LogP) is 7.94. The second kappa shape index (κ2) is 9.46. The summed E-state index contributed by atoms with van der Waals surface area (Å²) < 4.78 is 71.0. The lowest BCUT2D eigenvalue weighted by atomic mass is 9.99. The van der Waals surface area contributed by atoms with Gasteiger partial charge in [-0.1, -0.05) is 43.4 Å². The van der Waals surface area contributed by atoms with E-state index in [9.17, 15) is 22.0 Å². The van der Waals surface area contributed by atoms with Crippen LogP contribution in [0.3, 0.4) is 0 Å². The number of halogens is 5. The molecule has 0 bridgehead atoms. The Balaban J connectivity index is 1.63. The van der Waals surface area contributed by atoms with E-state index in [-0.39, 0.29) is 22.1 Å². The van der Waals surface area contributed by atoms with Crippen molar-refractivity contribution in [3.63, 3.8) is 0 Å². The van der Waals surface area contributed by atoms with Crippen molar-refractivity contribution < 1.29 is 22.0 Å². The van der Waals surface area contributed by atoms with E-state index in [0.29, 0.717) is 22.9 Å². The molecule has 4 rings (SSSR count). The maximum atomic E-state index is 14.7. The Morgan fingerprint density at radius 3 is 2.15 bits per heavy atom. The number of benzene rings is 4. The molecule has 0 unspecified atom stereocenters. The Kier molecular flexibility index (Phi) is 6.46. The van der Waals surface area contributed by atoms with Gasteiger partial charge in [-0.15, -0.1) is 0 Å². The van der Waals surface area contributed by atoms with Crippen molar-refractivity contribution >= 4 is 10.8 Å². The first-order valence-electron chi connectivity index (χ1n) is 10.5. The summed E-state index contributed by atoms with van der Waals surface area (Å²) in [7, 11) is 0. The van der Waals surface area contributed by atoms with Gasteiger partial charge in [-0.05, 0) is 71.8 Å². The number of unbranched alkanes of at least 4 members (excludes halogenated alkanes) is 1. The Morgan fingerprint density at radius 1 is 0.697 bits per heavy atom. The molecular weight excluding hydrogens is 431 g/mol. The highest BCUT2D eigenvalue weighted by molar-refractivity contribution is 5.84. The predicted molar refractivity (Wildman–Crippen MR) is 120 cm³/mol. The van der Waals surface area contributed by atoms with Gasteiger partial charge >= 0.3 is 0 Å². The van der Waals surface area contributed by atoms with Gasteiger partial charge in [-0.2, -0.15) is 0 Å². The van der Waals surface area contributed by atoms with Gasteiger partial charge in [0, 0.05) is 10.9 Å². The Morgan fingerprint density at radius 2 is 1.45 bits per heavy atom. The first-order valence-corrected chi connectivity index (χ1v) is 10.5. The zero-order valence-electron chi connectivity index (χ0n) is 17.8. The molecule has 0 saturated heterocycles. The molecule has 0 aliphatic carbocycles. The summed E-state index contributed by atoms with van der Waals surface area (Å²) in [4.78, 5) is 0. The average Bonchev–Trinajstić information content (AvgIpc) is 2.79. The minimum atomic E-state index is -0.938. The lowest BCUT2D eigenvalue weighted by molar-refractivity contribution is 0.517. The molecule has 0 spiro atoms. The van der Waals surface area contributed by atoms with Crippen LogP contribution in [0.1, 0.15) is 36.5 Å². The number of hydrogen-bond acceptors (Lipinski definition) is 0. The van der Waals surface area contributed by atoms with Gasteiger partial charge in [-0.25, -0.2) is 22.0 Å². The molecule has 5 heteroatoms. The van der Waals surface area contributed by atoms with Crippen LogP contribution in [0.2, 0.25) is 0 Å². The largest absolute Gasteiger partial charge is 0.206 e. The van der Waals surface area contributed by atoms with Crippen LogP contribution < -0.4 is 0 Å². The van der Waals surface area contributed by atoms with Crippen molar-refractivity contribution in [1.82, 2.24) is 0 Å². The van der Waals surface area contributed by atoms with Gasteiger partial charge in [0.15, 0.2) is 11.6 Å². The molecule has 0 amide bonds. The summed E-state index contributed by atoms with van der Waals surface area (Å²) in [6.07, 6.45) is 2.31. The van der Waals surface area contributed by atoms with Crippen LogP contribution in [0, 0.1) is 40.9 Å². The third kappa shape index (κ3) is 4.75. The normalized spacial score (nSPS) is 10.8. The quantitative estimate of drug-likeness (QED) is 0.219. The summed E-state index contributed by atoms with van der Waals surface area (Å²) in [5.41, 5.74) is 0.897. The highest BCUT2D eigenvalue weighted by Gasteiger charge is 2.15. The monoisotopic (exact) mass is 450 g/mol. The molecule has 0 fully saturated rings. The highest BCUT2D eigenvalue weighted by Crippen LogP contribution is 2.29. The van der Waals surface area contributed by atoms with Gasteiger partial charge in [0.25, 0.3) is 0 Å². The van der Waals surface area contributed by atoms with Crippen LogP contribution in [0.15, 0.2) is 60.7 Å². The van der Waals surface area contributed by atoms with Crippen LogP contribution in [0.4, 0.5) is 22.0 Å². The van der Waals surface area contributed by atoms with Crippen LogP contribution in [0.25, 0.3) is 21.9 Å². The van der Waals surface area contributed by atoms with E-state index in [0.717, 1.165) is 25.0 Å². The standard InChI is InChI=1S/C28H19F5/c1-2-3-4-18-14-25(31)27(26(32)15-18)21-9-8-19(24(30)16-21)7-5-17-6-11-22-20(13-17)10-12-23(29)28(22)33/h6,8-16H,2-4H2,1H3. The lowest BCUT2D eigenvalue weighted by Crippen LogP contribution is -1.96.